The number of pyridine rings is 2. The van der Waals surface area contributed by atoms with Gasteiger partial charge >= 0.3 is 0 Å². The maximum absolute atomic E-state index is 12.7. The highest BCUT2D eigenvalue weighted by molar-refractivity contribution is 5.96. The van der Waals surface area contributed by atoms with E-state index in [4.69, 9.17) is 9.47 Å². The van der Waals surface area contributed by atoms with Gasteiger partial charge in [-0.1, -0.05) is 0 Å². The first-order valence-corrected chi connectivity index (χ1v) is 8.12. The van der Waals surface area contributed by atoms with Crippen molar-refractivity contribution >= 4 is 5.91 Å². The number of nitrogens with zero attached hydrogens (tertiary/aromatic N) is 3. The SMILES string of the molecule is COc1ncccc1C(=O)N1CC[C@H](Oc2cc(C)n(C)c(=O)c2)C1. The Morgan fingerprint density at radius 2 is 2.16 bits per heavy atom. The van der Waals surface area contributed by atoms with E-state index in [1.807, 2.05) is 13.0 Å². The molecule has 0 unspecified atom stereocenters. The number of aromatic nitrogens is 2. The lowest BCUT2D eigenvalue weighted by molar-refractivity contribution is 0.0768. The number of rotatable bonds is 4. The first-order chi connectivity index (χ1) is 12.0. The van der Waals surface area contributed by atoms with Crippen molar-refractivity contribution in [3.8, 4) is 11.6 Å². The molecule has 0 radical (unpaired) electrons. The van der Waals surface area contributed by atoms with Crippen LogP contribution in [-0.4, -0.2) is 46.7 Å². The zero-order valence-electron chi connectivity index (χ0n) is 14.6. The molecule has 132 valence electrons. The van der Waals surface area contributed by atoms with Crippen molar-refractivity contribution in [2.45, 2.75) is 19.4 Å². The molecule has 0 spiro atoms. The quantitative estimate of drug-likeness (QED) is 0.839. The Morgan fingerprint density at radius 3 is 2.88 bits per heavy atom. The normalized spacial score (nSPS) is 16.8. The molecule has 7 heteroatoms. The molecule has 1 aliphatic rings. The van der Waals surface area contributed by atoms with E-state index < -0.39 is 0 Å². The van der Waals surface area contributed by atoms with Crippen LogP contribution in [0.4, 0.5) is 0 Å². The van der Waals surface area contributed by atoms with Gasteiger partial charge in [-0.2, -0.15) is 0 Å². The molecular formula is C18H21N3O4. The summed E-state index contributed by atoms with van der Waals surface area (Å²) < 4.78 is 12.6. The number of ether oxygens (including phenoxy) is 2. The Morgan fingerprint density at radius 1 is 1.36 bits per heavy atom. The Kier molecular flexibility index (Phi) is 4.74. The van der Waals surface area contributed by atoms with Gasteiger partial charge in [0.2, 0.25) is 5.88 Å². The maximum atomic E-state index is 12.7. The zero-order valence-corrected chi connectivity index (χ0v) is 14.6. The molecule has 0 N–H and O–H groups in total. The Bertz CT molecular complexity index is 846. The highest BCUT2D eigenvalue weighted by Crippen LogP contribution is 2.22. The summed E-state index contributed by atoms with van der Waals surface area (Å²) in [6.45, 7) is 2.91. The Labute approximate surface area is 145 Å². The van der Waals surface area contributed by atoms with E-state index in [0.717, 1.165) is 5.69 Å². The molecule has 7 nitrogen and oxygen atoms in total. The standard InChI is InChI=1S/C18H21N3O4/c1-12-9-14(10-16(22)20(12)2)25-13-6-8-21(11-13)18(23)15-5-4-7-19-17(15)24-3/h4-5,7,9-10,13H,6,8,11H2,1-3H3/t13-/m0/s1. The van der Waals surface area contributed by atoms with Crippen molar-refractivity contribution in [1.29, 1.82) is 0 Å². The highest BCUT2D eigenvalue weighted by Gasteiger charge is 2.30. The average molecular weight is 343 g/mol. The van der Waals surface area contributed by atoms with Crippen LogP contribution in [0.1, 0.15) is 22.5 Å². The number of carbonyl (C=O) groups is 1. The first kappa shape index (κ1) is 17.0. The van der Waals surface area contributed by atoms with E-state index in [1.54, 1.807) is 34.8 Å². The van der Waals surface area contributed by atoms with Crippen LogP contribution in [0.25, 0.3) is 0 Å². The van der Waals surface area contributed by atoms with Crippen molar-refractivity contribution in [2.24, 2.45) is 7.05 Å². The van der Waals surface area contributed by atoms with Crippen molar-refractivity contribution in [3.63, 3.8) is 0 Å². The Balaban J connectivity index is 1.69. The summed E-state index contributed by atoms with van der Waals surface area (Å²) in [6, 6.07) is 6.71. The van der Waals surface area contributed by atoms with Gasteiger partial charge in [0.25, 0.3) is 11.5 Å². The van der Waals surface area contributed by atoms with E-state index >= 15 is 0 Å². The molecule has 1 aliphatic heterocycles. The molecule has 3 rings (SSSR count). The van der Waals surface area contributed by atoms with Crippen LogP contribution < -0.4 is 15.0 Å². The van der Waals surface area contributed by atoms with Crippen molar-refractivity contribution < 1.29 is 14.3 Å². The van der Waals surface area contributed by atoms with Gasteiger partial charge in [-0.05, 0) is 25.1 Å². The summed E-state index contributed by atoms with van der Waals surface area (Å²) in [5.41, 5.74) is 1.16. The predicted octanol–water partition coefficient (Wildman–Crippen LogP) is 1.39. The molecular weight excluding hydrogens is 322 g/mol. The third-order valence-corrected chi connectivity index (χ3v) is 4.41. The molecule has 0 saturated carbocycles. The molecule has 0 bridgehead atoms. The second-order valence-electron chi connectivity index (χ2n) is 6.07. The van der Waals surface area contributed by atoms with E-state index in [0.29, 0.717) is 36.7 Å². The topological polar surface area (TPSA) is 73.7 Å². The molecule has 1 fully saturated rings. The lowest BCUT2D eigenvalue weighted by atomic mass is 10.2. The minimum atomic E-state index is -0.141. The summed E-state index contributed by atoms with van der Waals surface area (Å²) in [7, 11) is 3.21. The van der Waals surface area contributed by atoms with Crippen LogP contribution in [0, 0.1) is 6.92 Å². The largest absolute Gasteiger partial charge is 0.488 e. The van der Waals surface area contributed by atoms with Crippen LogP contribution in [0.2, 0.25) is 0 Å². The van der Waals surface area contributed by atoms with Crippen LogP contribution in [0.15, 0.2) is 35.3 Å². The van der Waals surface area contributed by atoms with Crippen molar-refractivity contribution in [3.05, 3.63) is 52.1 Å². The van der Waals surface area contributed by atoms with Crippen LogP contribution in [-0.2, 0) is 7.05 Å². The second-order valence-corrected chi connectivity index (χ2v) is 6.07. The van der Waals surface area contributed by atoms with Gasteiger partial charge < -0.3 is 18.9 Å². The minimum Gasteiger partial charge on any atom is -0.488 e. The molecule has 1 atom stereocenters. The van der Waals surface area contributed by atoms with Gasteiger partial charge in [-0.3, -0.25) is 9.59 Å². The third kappa shape index (κ3) is 3.50. The fourth-order valence-corrected chi connectivity index (χ4v) is 2.89. The van der Waals surface area contributed by atoms with Gasteiger partial charge in [-0.15, -0.1) is 0 Å². The number of aryl methyl sites for hydroxylation is 1. The minimum absolute atomic E-state index is 0.110. The lowest BCUT2D eigenvalue weighted by Crippen LogP contribution is -2.31. The van der Waals surface area contributed by atoms with E-state index in [-0.39, 0.29) is 17.6 Å². The van der Waals surface area contributed by atoms with Gasteiger partial charge in [0.05, 0.1) is 13.7 Å². The molecule has 0 aromatic carbocycles. The molecule has 3 heterocycles. The Hall–Kier alpha value is -2.83. The van der Waals surface area contributed by atoms with Crippen LogP contribution in [0.3, 0.4) is 0 Å². The van der Waals surface area contributed by atoms with Crippen LogP contribution in [0.5, 0.6) is 11.6 Å². The average Bonchev–Trinajstić information content (AvgIpc) is 3.07. The van der Waals surface area contributed by atoms with Gasteiger partial charge in [-0.25, -0.2) is 4.98 Å². The summed E-state index contributed by atoms with van der Waals surface area (Å²) >= 11 is 0. The smallest absolute Gasteiger partial charge is 0.259 e. The van der Waals surface area contributed by atoms with Crippen molar-refractivity contribution in [2.75, 3.05) is 20.2 Å². The van der Waals surface area contributed by atoms with Gasteiger partial charge in [0, 0.05) is 38.0 Å². The lowest BCUT2D eigenvalue weighted by Gasteiger charge is -2.18. The number of hydrogen-bond acceptors (Lipinski definition) is 5. The number of methoxy groups -OCH3 is 1. The van der Waals surface area contributed by atoms with E-state index in [1.165, 1.54) is 13.2 Å². The number of hydrogen-bond donors (Lipinski definition) is 0. The predicted molar refractivity (Wildman–Crippen MR) is 92.1 cm³/mol. The summed E-state index contributed by atoms with van der Waals surface area (Å²) in [4.78, 5) is 30.3. The first-order valence-electron chi connectivity index (χ1n) is 8.12. The van der Waals surface area contributed by atoms with E-state index in [2.05, 4.69) is 4.98 Å². The van der Waals surface area contributed by atoms with Crippen LogP contribution >= 0.6 is 0 Å². The fourth-order valence-electron chi connectivity index (χ4n) is 2.89. The molecule has 0 aliphatic carbocycles. The monoisotopic (exact) mass is 343 g/mol. The van der Waals surface area contributed by atoms with Crippen molar-refractivity contribution in [1.82, 2.24) is 14.5 Å². The number of carbonyl (C=O) groups excluding carboxylic acids is 1. The number of amides is 1. The molecule has 25 heavy (non-hydrogen) atoms. The molecule has 2 aromatic rings. The maximum Gasteiger partial charge on any atom is 0.259 e. The fraction of sp³-hybridized carbons (Fsp3) is 0.389. The van der Waals surface area contributed by atoms with E-state index in [9.17, 15) is 9.59 Å². The zero-order chi connectivity index (χ0) is 18.0. The second kappa shape index (κ2) is 6.96. The molecule has 1 amide bonds. The molecule has 1 saturated heterocycles. The summed E-state index contributed by atoms with van der Waals surface area (Å²) in [5, 5.41) is 0. The number of likely N-dealkylation sites (tertiary alicyclic amines) is 1. The van der Waals surface area contributed by atoms with Gasteiger partial charge in [0.15, 0.2) is 0 Å². The third-order valence-electron chi connectivity index (χ3n) is 4.41. The highest BCUT2D eigenvalue weighted by atomic mass is 16.5. The summed E-state index contributed by atoms with van der Waals surface area (Å²) in [6.07, 6.45) is 2.16. The van der Waals surface area contributed by atoms with Gasteiger partial charge in [0.1, 0.15) is 17.4 Å². The molecule has 2 aromatic heterocycles. The summed E-state index contributed by atoms with van der Waals surface area (Å²) in [5.74, 6) is 0.731.